The van der Waals surface area contributed by atoms with Crippen molar-refractivity contribution < 1.29 is 9.59 Å². The molecule has 1 aliphatic heterocycles. The van der Waals surface area contributed by atoms with E-state index in [1.54, 1.807) is 31.6 Å². The summed E-state index contributed by atoms with van der Waals surface area (Å²) in [4.78, 5) is 32.6. The predicted octanol–water partition coefficient (Wildman–Crippen LogP) is 0.338. The molecule has 2 heterocycles. The van der Waals surface area contributed by atoms with E-state index in [-0.39, 0.29) is 17.6 Å². The molecule has 0 saturated heterocycles. The number of nitrogens with one attached hydrogen (secondary N) is 2. The zero-order chi connectivity index (χ0) is 16.9. The molecule has 1 aliphatic rings. The van der Waals surface area contributed by atoms with Crippen molar-refractivity contribution in [2.45, 2.75) is 19.5 Å². The van der Waals surface area contributed by atoms with E-state index in [1.807, 2.05) is 29.0 Å². The number of hydrogen-bond donors (Lipinski definition) is 2. The van der Waals surface area contributed by atoms with Gasteiger partial charge in [0.05, 0.1) is 12.0 Å². The van der Waals surface area contributed by atoms with Gasteiger partial charge in [0.25, 0.3) is 11.8 Å². The van der Waals surface area contributed by atoms with Crippen molar-refractivity contribution in [2.24, 2.45) is 4.99 Å². The average molecular weight is 326 g/mol. The molecule has 8 heteroatoms. The third-order valence-corrected chi connectivity index (χ3v) is 3.56. The van der Waals surface area contributed by atoms with E-state index in [9.17, 15) is 9.59 Å². The molecule has 0 aliphatic carbocycles. The first-order valence-corrected chi connectivity index (χ1v) is 7.62. The summed E-state index contributed by atoms with van der Waals surface area (Å²) in [5.41, 5.74) is 3.46. The number of rotatable bonds is 5. The summed E-state index contributed by atoms with van der Waals surface area (Å²) in [6, 6.07) is 8.46. The Morgan fingerprint density at radius 2 is 2.12 bits per heavy atom. The van der Waals surface area contributed by atoms with Gasteiger partial charge >= 0.3 is 0 Å². The van der Waals surface area contributed by atoms with Crippen molar-refractivity contribution in [1.82, 2.24) is 20.3 Å². The fourth-order valence-electron chi connectivity index (χ4n) is 2.31. The molecule has 1 aromatic heterocycles. The smallest absolute Gasteiger partial charge is 0.288 e. The van der Waals surface area contributed by atoms with Crippen molar-refractivity contribution in [3.8, 4) is 0 Å². The van der Waals surface area contributed by atoms with E-state index in [0.717, 1.165) is 0 Å². The monoisotopic (exact) mass is 326 g/mol. The number of carbonyl (C=O) groups is 2. The van der Waals surface area contributed by atoms with Crippen LogP contribution in [0.15, 0.2) is 54.0 Å². The number of amides is 2. The highest BCUT2D eigenvalue weighted by Crippen LogP contribution is 2.15. The van der Waals surface area contributed by atoms with E-state index in [1.165, 1.54) is 5.01 Å². The third kappa shape index (κ3) is 3.43. The number of benzene rings is 1. The minimum Gasteiger partial charge on any atom is -0.348 e. The van der Waals surface area contributed by atoms with Gasteiger partial charge < -0.3 is 9.88 Å². The summed E-state index contributed by atoms with van der Waals surface area (Å²) in [6.45, 7) is 2.71. The number of hydrogen-bond acceptors (Lipinski definition) is 5. The molecule has 2 amide bonds. The Kier molecular flexibility index (Phi) is 4.55. The molecular weight excluding hydrogens is 308 g/mol. The lowest BCUT2D eigenvalue weighted by atomic mass is 10.2. The molecule has 0 radical (unpaired) electrons. The Hall–Kier alpha value is -3.16. The van der Waals surface area contributed by atoms with Gasteiger partial charge in [-0.25, -0.2) is 15.0 Å². The predicted molar refractivity (Wildman–Crippen MR) is 89.2 cm³/mol. The Balaban J connectivity index is 1.65. The van der Waals surface area contributed by atoms with Crippen LogP contribution in [0.3, 0.4) is 0 Å². The molecule has 3 rings (SSSR count). The summed E-state index contributed by atoms with van der Waals surface area (Å²) >= 11 is 0. The van der Waals surface area contributed by atoms with E-state index in [4.69, 9.17) is 0 Å². The van der Waals surface area contributed by atoms with Gasteiger partial charge in [0.2, 0.25) is 5.84 Å². The number of anilines is 1. The first-order chi connectivity index (χ1) is 11.6. The van der Waals surface area contributed by atoms with Crippen LogP contribution in [0, 0.1) is 0 Å². The summed E-state index contributed by atoms with van der Waals surface area (Å²) in [5.74, 6) is -0.442. The zero-order valence-electron chi connectivity index (χ0n) is 13.2. The van der Waals surface area contributed by atoms with Crippen LogP contribution >= 0.6 is 0 Å². The molecule has 124 valence electrons. The summed E-state index contributed by atoms with van der Waals surface area (Å²) in [7, 11) is 0. The van der Waals surface area contributed by atoms with Crippen LogP contribution in [0.5, 0.6) is 0 Å². The summed E-state index contributed by atoms with van der Waals surface area (Å²) in [6.07, 6.45) is 5.18. The average Bonchev–Trinajstić information content (AvgIpc) is 3.11. The number of imidazole rings is 1. The first-order valence-electron chi connectivity index (χ1n) is 7.62. The van der Waals surface area contributed by atoms with Crippen molar-refractivity contribution in [3.05, 3.63) is 49.1 Å². The minimum atomic E-state index is -0.624. The lowest BCUT2D eigenvalue weighted by Gasteiger charge is -2.30. The Bertz CT molecular complexity index is 741. The maximum atomic E-state index is 12.3. The second-order valence-electron chi connectivity index (χ2n) is 5.33. The molecule has 8 nitrogen and oxygen atoms in total. The largest absolute Gasteiger partial charge is 0.348 e. The standard InChI is InChI=1S/C16H18N6O2/c1-12-16(24)22(13-5-3-2-4-6-13)20-14(19-12)15(23)18-8-10-21-9-7-17-11-21/h2-7,9,11-12H,8,10H2,1H3,(H,18,23)(H,19,20)/t12-/m1/s1. The third-order valence-electron chi connectivity index (χ3n) is 3.56. The van der Waals surface area contributed by atoms with Crippen molar-refractivity contribution in [3.63, 3.8) is 0 Å². The Morgan fingerprint density at radius 3 is 2.83 bits per heavy atom. The second kappa shape index (κ2) is 6.95. The molecule has 0 spiro atoms. The zero-order valence-corrected chi connectivity index (χ0v) is 13.2. The highest BCUT2D eigenvalue weighted by molar-refractivity contribution is 6.39. The highest BCUT2D eigenvalue weighted by atomic mass is 16.2. The summed E-state index contributed by atoms with van der Waals surface area (Å²) < 4.78 is 1.86. The van der Waals surface area contributed by atoms with Crippen LogP contribution in [0.4, 0.5) is 5.69 Å². The number of carbonyl (C=O) groups excluding carboxylic acids is 2. The van der Waals surface area contributed by atoms with Gasteiger partial charge in [-0.2, -0.15) is 0 Å². The lowest BCUT2D eigenvalue weighted by molar-refractivity contribution is -0.120. The van der Waals surface area contributed by atoms with Gasteiger partial charge in [-0.1, -0.05) is 18.2 Å². The maximum absolute atomic E-state index is 12.3. The molecule has 1 atom stereocenters. The SMILES string of the molecule is C[C@H]1N=C(C(=O)NCCn2ccnc2)NN(c2ccccc2)C1=O. The van der Waals surface area contributed by atoms with E-state index >= 15 is 0 Å². The Morgan fingerprint density at radius 1 is 1.33 bits per heavy atom. The molecule has 1 aromatic carbocycles. The lowest BCUT2D eigenvalue weighted by Crippen LogP contribution is -2.58. The van der Waals surface area contributed by atoms with E-state index in [2.05, 4.69) is 20.7 Å². The Labute approximate surface area is 139 Å². The van der Waals surface area contributed by atoms with Crippen LogP contribution in [0.1, 0.15) is 6.92 Å². The molecule has 2 aromatic rings. The van der Waals surface area contributed by atoms with Crippen LogP contribution < -0.4 is 15.8 Å². The normalized spacial score (nSPS) is 17.2. The fraction of sp³-hybridized carbons (Fsp3) is 0.250. The number of hydrazine groups is 1. The second-order valence-corrected chi connectivity index (χ2v) is 5.33. The van der Waals surface area contributed by atoms with Gasteiger partial charge in [-0.3, -0.25) is 15.0 Å². The molecule has 2 N–H and O–H groups in total. The molecule has 0 fully saturated rings. The first kappa shape index (κ1) is 15.7. The summed E-state index contributed by atoms with van der Waals surface area (Å²) in [5, 5.41) is 4.13. The van der Waals surface area contributed by atoms with Crippen LogP contribution in [-0.2, 0) is 16.1 Å². The molecule has 0 saturated carbocycles. The van der Waals surface area contributed by atoms with Gasteiger partial charge in [0, 0.05) is 25.5 Å². The number of nitrogens with zero attached hydrogens (tertiary/aromatic N) is 4. The highest BCUT2D eigenvalue weighted by Gasteiger charge is 2.30. The van der Waals surface area contributed by atoms with E-state index < -0.39 is 6.04 Å². The van der Waals surface area contributed by atoms with Crippen molar-refractivity contribution in [2.75, 3.05) is 11.6 Å². The quantitative estimate of drug-likeness (QED) is 0.829. The minimum absolute atomic E-state index is 0.122. The van der Waals surface area contributed by atoms with Gasteiger partial charge in [-0.05, 0) is 19.1 Å². The number of amidine groups is 1. The number of aliphatic imine (C=N–C) groups is 1. The van der Waals surface area contributed by atoms with Crippen molar-refractivity contribution in [1.29, 1.82) is 0 Å². The topological polar surface area (TPSA) is 91.6 Å². The van der Waals surface area contributed by atoms with E-state index in [0.29, 0.717) is 18.8 Å². The van der Waals surface area contributed by atoms with Gasteiger partial charge in [-0.15, -0.1) is 0 Å². The van der Waals surface area contributed by atoms with Crippen LogP contribution in [0.25, 0.3) is 0 Å². The van der Waals surface area contributed by atoms with Crippen molar-refractivity contribution >= 4 is 23.3 Å². The van der Waals surface area contributed by atoms with Gasteiger partial charge in [0.1, 0.15) is 6.04 Å². The molecule has 0 bridgehead atoms. The van der Waals surface area contributed by atoms with Crippen LogP contribution in [-0.4, -0.2) is 39.8 Å². The number of aromatic nitrogens is 2. The maximum Gasteiger partial charge on any atom is 0.288 e. The van der Waals surface area contributed by atoms with Gasteiger partial charge in [0.15, 0.2) is 0 Å². The molecule has 24 heavy (non-hydrogen) atoms. The van der Waals surface area contributed by atoms with Crippen LogP contribution in [0.2, 0.25) is 0 Å². The number of para-hydroxylation sites is 1. The molecular formula is C16H18N6O2. The molecule has 0 unspecified atom stereocenters. The fourth-order valence-corrected chi connectivity index (χ4v) is 2.31.